The van der Waals surface area contributed by atoms with Crippen molar-refractivity contribution in [2.45, 2.75) is 39.3 Å². The Bertz CT molecular complexity index is 1180. The maximum absolute atomic E-state index is 12.5. The summed E-state index contributed by atoms with van der Waals surface area (Å²) in [6.07, 6.45) is 2.17. The second-order valence-corrected chi connectivity index (χ2v) is 8.09. The first-order chi connectivity index (χ1) is 15.8. The minimum Gasteiger partial charge on any atom is -0.476 e. The highest BCUT2D eigenvalue weighted by Crippen LogP contribution is 2.46. The Balaban J connectivity index is 1.35. The second kappa shape index (κ2) is 9.51. The highest BCUT2D eigenvalue weighted by Gasteiger charge is 2.40. The molecule has 0 spiro atoms. The van der Waals surface area contributed by atoms with E-state index in [2.05, 4.69) is 25.1 Å². The van der Waals surface area contributed by atoms with E-state index in [1.165, 1.54) is 16.9 Å². The van der Waals surface area contributed by atoms with Gasteiger partial charge in [-0.15, -0.1) is 5.10 Å². The molecule has 1 saturated carbocycles. The molecule has 1 aliphatic carbocycles. The van der Waals surface area contributed by atoms with Crippen LogP contribution in [0.5, 0.6) is 11.6 Å². The third kappa shape index (κ3) is 5.63. The summed E-state index contributed by atoms with van der Waals surface area (Å²) < 4.78 is 35.9. The van der Waals surface area contributed by atoms with E-state index in [0.717, 1.165) is 29.1 Å². The molecular formula is C23H25F2N5O3. The van der Waals surface area contributed by atoms with Crippen LogP contribution in [0, 0.1) is 19.8 Å². The normalized spacial score (nSPS) is 17.2. The number of pyridine rings is 2. The van der Waals surface area contributed by atoms with E-state index in [-0.39, 0.29) is 23.1 Å². The lowest BCUT2D eigenvalue weighted by Gasteiger charge is -2.12. The number of alkyl halides is 2. The van der Waals surface area contributed by atoms with Crippen LogP contribution in [0.15, 0.2) is 41.3 Å². The Hall–Kier alpha value is -3.56. The molecule has 2 atom stereocenters. The van der Waals surface area contributed by atoms with Gasteiger partial charge in [-0.2, -0.15) is 8.78 Å². The Morgan fingerprint density at radius 2 is 2.06 bits per heavy atom. The van der Waals surface area contributed by atoms with E-state index < -0.39 is 6.61 Å². The molecule has 0 amide bonds. The van der Waals surface area contributed by atoms with E-state index in [9.17, 15) is 13.6 Å². The van der Waals surface area contributed by atoms with Crippen LogP contribution >= 0.6 is 0 Å². The molecule has 0 bridgehead atoms. The van der Waals surface area contributed by atoms with Gasteiger partial charge in [0.05, 0.1) is 12.8 Å². The SMILES string of the molecule is Cc1ccc(CNc2cc(OCC3C[C@H]3c3ccc(OC(F)F)cn3)nn(C)c2=O)c(C)n1. The van der Waals surface area contributed by atoms with Gasteiger partial charge in [-0.25, -0.2) is 4.68 Å². The van der Waals surface area contributed by atoms with Crippen LogP contribution in [0.25, 0.3) is 0 Å². The van der Waals surface area contributed by atoms with Crippen molar-refractivity contribution in [3.05, 3.63) is 69.5 Å². The minimum atomic E-state index is -2.87. The van der Waals surface area contributed by atoms with Crippen molar-refractivity contribution < 1.29 is 18.3 Å². The number of rotatable bonds is 9. The summed E-state index contributed by atoms with van der Waals surface area (Å²) in [5.74, 6) is 0.801. The van der Waals surface area contributed by atoms with Crippen LogP contribution in [0.3, 0.4) is 0 Å². The molecule has 0 aliphatic heterocycles. The summed E-state index contributed by atoms with van der Waals surface area (Å²) in [5.41, 5.74) is 3.80. The first-order valence-electron chi connectivity index (χ1n) is 10.6. The molecule has 0 aromatic carbocycles. The molecule has 174 valence electrons. The molecule has 8 nitrogen and oxygen atoms in total. The van der Waals surface area contributed by atoms with Crippen molar-refractivity contribution in [3.8, 4) is 11.6 Å². The van der Waals surface area contributed by atoms with Crippen molar-refractivity contribution in [2.75, 3.05) is 11.9 Å². The third-order valence-corrected chi connectivity index (χ3v) is 5.58. The van der Waals surface area contributed by atoms with E-state index in [1.807, 2.05) is 26.0 Å². The summed E-state index contributed by atoms with van der Waals surface area (Å²) in [4.78, 5) is 21.1. The predicted molar refractivity (Wildman–Crippen MR) is 118 cm³/mol. The number of nitrogens with zero attached hydrogens (tertiary/aromatic N) is 4. The molecule has 4 rings (SSSR count). The fraction of sp³-hybridized carbons (Fsp3) is 0.391. The number of nitrogens with one attached hydrogen (secondary N) is 1. The summed E-state index contributed by atoms with van der Waals surface area (Å²) in [5, 5.41) is 7.34. The largest absolute Gasteiger partial charge is 0.476 e. The quantitative estimate of drug-likeness (QED) is 0.525. The molecule has 1 unspecified atom stereocenters. The highest BCUT2D eigenvalue weighted by atomic mass is 19.3. The minimum absolute atomic E-state index is 0.0354. The smallest absolute Gasteiger partial charge is 0.387 e. The monoisotopic (exact) mass is 457 g/mol. The van der Waals surface area contributed by atoms with Gasteiger partial charge in [0.2, 0.25) is 5.88 Å². The molecule has 0 saturated heterocycles. The lowest BCUT2D eigenvalue weighted by Crippen LogP contribution is -2.24. The number of aromatic nitrogens is 4. The standard InChI is InChI=1S/C23H25F2N5O3/c1-13-4-5-15(14(2)28-13)10-26-20-9-21(29-30(3)22(20)31)32-12-16-8-18(16)19-7-6-17(11-27-19)33-23(24)25/h4-7,9,11,16,18,23,26H,8,10,12H2,1-3H3/t16?,18-/m1/s1. The van der Waals surface area contributed by atoms with E-state index >= 15 is 0 Å². The topological polar surface area (TPSA) is 91.2 Å². The molecule has 3 aromatic rings. The molecule has 3 heterocycles. The van der Waals surface area contributed by atoms with Crippen LogP contribution in [0.4, 0.5) is 14.5 Å². The summed E-state index contributed by atoms with van der Waals surface area (Å²) in [6.45, 7) is 1.87. The van der Waals surface area contributed by atoms with E-state index in [4.69, 9.17) is 4.74 Å². The van der Waals surface area contributed by atoms with Gasteiger partial charge in [0, 0.05) is 48.6 Å². The van der Waals surface area contributed by atoms with Crippen LogP contribution in [0.1, 0.15) is 35.0 Å². The van der Waals surface area contributed by atoms with Crippen LogP contribution in [-0.2, 0) is 13.6 Å². The van der Waals surface area contributed by atoms with Gasteiger partial charge in [0.1, 0.15) is 11.4 Å². The van der Waals surface area contributed by atoms with Gasteiger partial charge in [0.25, 0.3) is 5.56 Å². The molecule has 1 fully saturated rings. The molecule has 0 radical (unpaired) electrons. The summed E-state index contributed by atoms with van der Waals surface area (Å²) >= 11 is 0. The van der Waals surface area contributed by atoms with Crippen LogP contribution in [0.2, 0.25) is 0 Å². The highest BCUT2D eigenvalue weighted by molar-refractivity contribution is 5.44. The fourth-order valence-corrected chi connectivity index (χ4v) is 3.64. The number of aryl methyl sites for hydroxylation is 3. The maximum Gasteiger partial charge on any atom is 0.387 e. The number of anilines is 1. The van der Waals surface area contributed by atoms with Gasteiger partial charge < -0.3 is 14.8 Å². The van der Waals surface area contributed by atoms with E-state index in [0.29, 0.717) is 24.7 Å². The number of hydrogen-bond donors (Lipinski definition) is 1. The molecule has 1 N–H and O–H groups in total. The molecule has 1 aliphatic rings. The van der Waals surface area contributed by atoms with Crippen LogP contribution in [-0.4, -0.2) is 33.0 Å². The number of hydrogen-bond acceptors (Lipinski definition) is 7. The van der Waals surface area contributed by atoms with Gasteiger partial charge in [-0.3, -0.25) is 14.8 Å². The van der Waals surface area contributed by atoms with Gasteiger partial charge >= 0.3 is 6.61 Å². The van der Waals surface area contributed by atoms with Crippen molar-refractivity contribution in [1.82, 2.24) is 19.7 Å². The third-order valence-electron chi connectivity index (χ3n) is 5.58. The molecule has 3 aromatic heterocycles. The molecule has 10 heteroatoms. The maximum atomic E-state index is 12.5. The Morgan fingerprint density at radius 1 is 1.24 bits per heavy atom. The predicted octanol–water partition coefficient (Wildman–Crippen LogP) is 3.58. The van der Waals surface area contributed by atoms with Crippen molar-refractivity contribution in [3.63, 3.8) is 0 Å². The average molecular weight is 457 g/mol. The van der Waals surface area contributed by atoms with Gasteiger partial charge in [-0.1, -0.05) is 6.07 Å². The van der Waals surface area contributed by atoms with Crippen molar-refractivity contribution in [2.24, 2.45) is 13.0 Å². The first-order valence-corrected chi connectivity index (χ1v) is 10.6. The van der Waals surface area contributed by atoms with Crippen molar-refractivity contribution in [1.29, 1.82) is 0 Å². The Labute approximate surface area is 189 Å². The zero-order valence-electron chi connectivity index (χ0n) is 18.6. The zero-order valence-corrected chi connectivity index (χ0v) is 18.6. The lowest BCUT2D eigenvalue weighted by atomic mass is 10.2. The summed E-state index contributed by atoms with van der Waals surface area (Å²) in [7, 11) is 1.58. The summed E-state index contributed by atoms with van der Waals surface area (Å²) in [6, 6.07) is 8.70. The number of ether oxygens (including phenoxy) is 2. The van der Waals surface area contributed by atoms with Crippen LogP contribution < -0.4 is 20.3 Å². The fourth-order valence-electron chi connectivity index (χ4n) is 3.64. The second-order valence-electron chi connectivity index (χ2n) is 8.09. The van der Waals surface area contributed by atoms with Crippen molar-refractivity contribution >= 4 is 5.69 Å². The zero-order chi connectivity index (χ0) is 23.5. The first kappa shape index (κ1) is 22.6. The molecule has 33 heavy (non-hydrogen) atoms. The van der Waals surface area contributed by atoms with Gasteiger partial charge in [0.15, 0.2) is 0 Å². The lowest BCUT2D eigenvalue weighted by molar-refractivity contribution is -0.0500. The Kier molecular flexibility index (Phi) is 6.52. The Morgan fingerprint density at radius 3 is 2.76 bits per heavy atom. The molecular weight excluding hydrogens is 432 g/mol. The van der Waals surface area contributed by atoms with Gasteiger partial charge in [-0.05, 0) is 44.0 Å². The average Bonchev–Trinajstić information content (AvgIpc) is 3.54. The van der Waals surface area contributed by atoms with E-state index in [1.54, 1.807) is 19.2 Å². The number of halogens is 2.